The van der Waals surface area contributed by atoms with Crippen molar-refractivity contribution in [2.45, 2.75) is 6.92 Å². The van der Waals surface area contributed by atoms with E-state index >= 15 is 0 Å². The number of nitrogens with zero attached hydrogens (tertiary/aromatic N) is 1. The monoisotopic (exact) mass is 271 g/mol. The van der Waals surface area contributed by atoms with E-state index < -0.39 is 0 Å². The summed E-state index contributed by atoms with van der Waals surface area (Å²) in [6, 6.07) is 12.2. The second kappa shape index (κ2) is 5.65. The molecular weight excluding hydrogens is 254 g/mol. The molecule has 0 unspecified atom stereocenters. The van der Waals surface area contributed by atoms with Gasteiger partial charge in [0.05, 0.1) is 12.7 Å². The Morgan fingerprint density at radius 2 is 1.90 bits per heavy atom. The minimum atomic E-state index is -0.282. The van der Waals surface area contributed by atoms with E-state index in [1.165, 1.54) is 24.1 Å². The van der Waals surface area contributed by atoms with Gasteiger partial charge in [0.1, 0.15) is 11.5 Å². The molecule has 0 saturated heterocycles. The first-order valence-electron chi connectivity index (χ1n) is 6.25. The standard InChI is InChI=1S/C16H17NO3/c1-11-6-4-5-7-14(11)17(2)16(19)13-10-12(20-3)8-9-15(13)18/h4-10,18H,1-3H3. The number of phenols is 1. The fraction of sp³-hybridized carbons (Fsp3) is 0.188. The number of ether oxygens (including phenoxy) is 1. The highest BCUT2D eigenvalue weighted by Gasteiger charge is 2.19. The van der Waals surface area contributed by atoms with E-state index in [2.05, 4.69) is 0 Å². The number of benzene rings is 2. The number of rotatable bonds is 3. The Bertz CT molecular complexity index is 637. The number of aryl methyl sites for hydroxylation is 1. The molecule has 2 rings (SSSR count). The van der Waals surface area contributed by atoms with Crippen molar-refractivity contribution in [3.63, 3.8) is 0 Å². The molecule has 0 atom stereocenters. The van der Waals surface area contributed by atoms with E-state index in [1.54, 1.807) is 13.1 Å². The van der Waals surface area contributed by atoms with Crippen LogP contribution in [0.5, 0.6) is 11.5 Å². The van der Waals surface area contributed by atoms with E-state index in [1.807, 2.05) is 31.2 Å². The van der Waals surface area contributed by atoms with Gasteiger partial charge in [0, 0.05) is 12.7 Å². The molecule has 2 aromatic rings. The van der Waals surface area contributed by atoms with Gasteiger partial charge in [-0.15, -0.1) is 0 Å². The molecule has 4 nitrogen and oxygen atoms in total. The molecule has 0 heterocycles. The summed E-state index contributed by atoms with van der Waals surface area (Å²) in [5, 5.41) is 9.86. The van der Waals surface area contributed by atoms with Gasteiger partial charge >= 0.3 is 0 Å². The highest BCUT2D eigenvalue weighted by molar-refractivity contribution is 6.08. The van der Waals surface area contributed by atoms with Gasteiger partial charge in [0.25, 0.3) is 5.91 Å². The van der Waals surface area contributed by atoms with Crippen molar-refractivity contribution in [2.24, 2.45) is 0 Å². The maximum atomic E-state index is 12.5. The highest BCUT2D eigenvalue weighted by atomic mass is 16.5. The van der Waals surface area contributed by atoms with Crippen LogP contribution < -0.4 is 9.64 Å². The number of hydrogen-bond acceptors (Lipinski definition) is 3. The Labute approximate surface area is 118 Å². The molecule has 1 N–H and O–H groups in total. The first-order valence-corrected chi connectivity index (χ1v) is 6.25. The van der Waals surface area contributed by atoms with Crippen LogP contribution in [0.15, 0.2) is 42.5 Å². The molecule has 0 aliphatic rings. The Hall–Kier alpha value is -2.49. The average Bonchev–Trinajstić information content (AvgIpc) is 2.47. The molecular formula is C16H17NO3. The molecule has 0 bridgehead atoms. The SMILES string of the molecule is COc1ccc(O)c(C(=O)N(C)c2ccccc2C)c1. The van der Waals surface area contributed by atoms with Crippen LogP contribution in [-0.4, -0.2) is 25.2 Å². The average molecular weight is 271 g/mol. The van der Waals surface area contributed by atoms with Gasteiger partial charge in [-0.1, -0.05) is 18.2 Å². The van der Waals surface area contributed by atoms with Gasteiger partial charge in [-0.2, -0.15) is 0 Å². The van der Waals surface area contributed by atoms with E-state index in [4.69, 9.17) is 4.74 Å². The summed E-state index contributed by atoms with van der Waals surface area (Å²) in [7, 11) is 3.20. The maximum absolute atomic E-state index is 12.5. The van der Waals surface area contributed by atoms with Crippen LogP contribution in [0.4, 0.5) is 5.69 Å². The summed E-state index contributed by atoms with van der Waals surface area (Å²) in [5.41, 5.74) is 2.01. The first kappa shape index (κ1) is 13.9. The normalized spacial score (nSPS) is 10.2. The second-order valence-electron chi connectivity index (χ2n) is 4.53. The molecule has 104 valence electrons. The summed E-state index contributed by atoms with van der Waals surface area (Å²) < 4.78 is 5.09. The molecule has 0 radical (unpaired) electrons. The first-order chi connectivity index (χ1) is 9.54. The number of amides is 1. The zero-order chi connectivity index (χ0) is 14.7. The third kappa shape index (κ3) is 2.59. The lowest BCUT2D eigenvalue weighted by Crippen LogP contribution is -2.27. The molecule has 0 aliphatic heterocycles. The summed E-state index contributed by atoms with van der Waals surface area (Å²) in [4.78, 5) is 14.0. The summed E-state index contributed by atoms with van der Waals surface area (Å²) in [6.07, 6.45) is 0. The number of carbonyl (C=O) groups is 1. The van der Waals surface area contributed by atoms with Gasteiger partial charge in [0.15, 0.2) is 0 Å². The third-order valence-corrected chi connectivity index (χ3v) is 3.22. The lowest BCUT2D eigenvalue weighted by atomic mass is 10.1. The summed E-state index contributed by atoms with van der Waals surface area (Å²) in [5.74, 6) is 0.191. The zero-order valence-electron chi connectivity index (χ0n) is 11.8. The van der Waals surface area contributed by atoms with Crippen molar-refractivity contribution < 1.29 is 14.6 Å². The quantitative estimate of drug-likeness (QED) is 0.933. The van der Waals surface area contributed by atoms with Crippen LogP contribution in [0.1, 0.15) is 15.9 Å². The van der Waals surface area contributed by atoms with Crippen LogP contribution in [0.2, 0.25) is 0 Å². The summed E-state index contributed by atoms with van der Waals surface area (Å²) in [6.45, 7) is 1.94. The predicted octanol–water partition coefficient (Wildman–Crippen LogP) is 2.99. The number of carbonyl (C=O) groups excluding carboxylic acids is 1. The van der Waals surface area contributed by atoms with Gasteiger partial charge in [-0.05, 0) is 36.8 Å². The van der Waals surface area contributed by atoms with E-state index in [0.717, 1.165) is 11.3 Å². The Morgan fingerprint density at radius 3 is 2.55 bits per heavy atom. The largest absolute Gasteiger partial charge is 0.507 e. The summed E-state index contributed by atoms with van der Waals surface area (Å²) >= 11 is 0. The Balaban J connectivity index is 2.39. The topological polar surface area (TPSA) is 49.8 Å². The lowest BCUT2D eigenvalue weighted by Gasteiger charge is -2.20. The van der Waals surface area contributed by atoms with Gasteiger partial charge in [-0.25, -0.2) is 0 Å². The number of para-hydroxylation sites is 1. The highest BCUT2D eigenvalue weighted by Crippen LogP contribution is 2.26. The minimum Gasteiger partial charge on any atom is -0.507 e. The van der Waals surface area contributed by atoms with Crippen molar-refractivity contribution in [2.75, 3.05) is 19.1 Å². The minimum absolute atomic E-state index is 0.0590. The van der Waals surface area contributed by atoms with Crippen molar-refractivity contribution in [1.82, 2.24) is 0 Å². The molecule has 0 spiro atoms. The van der Waals surface area contributed by atoms with E-state index in [0.29, 0.717) is 5.75 Å². The molecule has 0 aromatic heterocycles. The van der Waals surface area contributed by atoms with Gasteiger partial charge in [0.2, 0.25) is 0 Å². The van der Waals surface area contributed by atoms with Crippen LogP contribution in [0.3, 0.4) is 0 Å². The number of phenolic OH excluding ortho intramolecular Hbond substituents is 1. The van der Waals surface area contributed by atoms with E-state index in [9.17, 15) is 9.90 Å². The molecule has 20 heavy (non-hydrogen) atoms. The maximum Gasteiger partial charge on any atom is 0.261 e. The molecule has 1 amide bonds. The zero-order valence-corrected chi connectivity index (χ0v) is 11.8. The molecule has 2 aromatic carbocycles. The fourth-order valence-electron chi connectivity index (χ4n) is 2.04. The van der Waals surface area contributed by atoms with E-state index in [-0.39, 0.29) is 17.2 Å². The third-order valence-electron chi connectivity index (χ3n) is 3.22. The lowest BCUT2D eigenvalue weighted by molar-refractivity contribution is 0.0990. The number of hydrogen-bond donors (Lipinski definition) is 1. The van der Waals surface area contributed by atoms with Crippen LogP contribution in [0, 0.1) is 6.92 Å². The molecule has 0 aliphatic carbocycles. The van der Waals surface area contributed by atoms with Gasteiger partial charge in [-0.3, -0.25) is 4.79 Å². The van der Waals surface area contributed by atoms with Crippen molar-refractivity contribution in [1.29, 1.82) is 0 Å². The van der Waals surface area contributed by atoms with Crippen molar-refractivity contribution in [3.8, 4) is 11.5 Å². The predicted molar refractivity (Wildman–Crippen MR) is 78.6 cm³/mol. The van der Waals surface area contributed by atoms with Crippen LogP contribution in [-0.2, 0) is 0 Å². The van der Waals surface area contributed by atoms with Gasteiger partial charge < -0.3 is 14.7 Å². The van der Waals surface area contributed by atoms with Crippen molar-refractivity contribution >= 4 is 11.6 Å². The van der Waals surface area contributed by atoms with Crippen molar-refractivity contribution in [3.05, 3.63) is 53.6 Å². The molecule has 4 heteroatoms. The molecule has 0 fully saturated rings. The Kier molecular flexibility index (Phi) is 3.94. The second-order valence-corrected chi connectivity index (χ2v) is 4.53. The fourth-order valence-corrected chi connectivity index (χ4v) is 2.04. The van der Waals surface area contributed by atoms with Crippen LogP contribution in [0.25, 0.3) is 0 Å². The molecule has 0 saturated carbocycles. The van der Waals surface area contributed by atoms with Crippen LogP contribution >= 0.6 is 0 Å². The smallest absolute Gasteiger partial charge is 0.261 e. The number of methoxy groups -OCH3 is 1. The number of aromatic hydroxyl groups is 1. The Morgan fingerprint density at radius 1 is 1.20 bits per heavy atom. The number of anilines is 1.